The molecule has 0 fully saturated rings. The molecule has 0 radical (unpaired) electrons. The first kappa shape index (κ1) is 12.1. The Morgan fingerprint density at radius 3 is 2.88 bits per heavy atom. The highest BCUT2D eigenvalue weighted by atomic mass is 16.2. The number of allylic oxidation sites excluding steroid dienone is 2. The van der Waals surface area contributed by atoms with Crippen LogP contribution in [-0.2, 0) is 11.2 Å². The van der Waals surface area contributed by atoms with Crippen LogP contribution in [0.3, 0.4) is 0 Å². The highest BCUT2D eigenvalue weighted by Gasteiger charge is 2.20. The Balaban J connectivity index is 2.20. The van der Waals surface area contributed by atoms with Crippen LogP contribution < -0.4 is 0 Å². The second-order valence-electron chi connectivity index (χ2n) is 4.78. The van der Waals surface area contributed by atoms with Crippen molar-refractivity contribution in [2.24, 2.45) is 0 Å². The number of carbonyl (C=O) groups is 1. The molecule has 2 rings (SSSR count). The summed E-state index contributed by atoms with van der Waals surface area (Å²) in [6.45, 7) is 2.19. The summed E-state index contributed by atoms with van der Waals surface area (Å²) in [5, 5.41) is 8.94. The lowest BCUT2D eigenvalue weighted by Crippen LogP contribution is -2.12. The molecule has 2 nitrogen and oxygen atoms in total. The highest BCUT2D eigenvalue weighted by Crippen LogP contribution is 2.31. The normalized spacial score (nSPS) is 20.2. The van der Waals surface area contributed by atoms with Crippen LogP contribution in [0.5, 0.6) is 0 Å². The molecular formula is C15H18O2. The van der Waals surface area contributed by atoms with Gasteiger partial charge in [-0.2, -0.15) is 0 Å². The van der Waals surface area contributed by atoms with Crippen molar-refractivity contribution in [3.63, 3.8) is 0 Å². The minimum absolute atomic E-state index is 0.173. The van der Waals surface area contributed by atoms with Crippen LogP contribution in [0.1, 0.15) is 36.8 Å². The summed E-state index contributed by atoms with van der Waals surface area (Å²) < 4.78 is 0. The number of hydrogen-bond donors (Lipinski definition) is 1. The fourth-order valence-electron chi connectivity index (χ4n) is 2.46. The molecule has 0 heterocycles. The number of hydrogen-bond acceptors (Lipinski definition) is 2. The second-order valence-corrected chi connectivity index (χ2v) is 4.78. The third-order valence-electron chi connectivity index (χ3n) is 3.25. The van der Waals surface area contributed by atoms with E-state index in [1.807, 2.05) is 19.1 Å². The topological polar surface area (TPSA) is 37.3 Å². The number of rotatable bonds is 3. The third kappa shape index (κ3) is 3.04. The summed E-state index contributed by atoms with van der Waals surface area (Å²) in [6.07, 6.45) is 4.02. The van der Waals surface area contributed by atoms with E-state index in [9.17, 15) is 4.79 Å². The van der Waals surface area contributed by atoms with E-state index in [2.05, 4.69) is 12.1 Å². The van der Waals surface area contributed by atoms with Crippen LogP contribution in [0, 0.1) is 0 Å². The van der Waals surface area contributed by atoms with Crippen molar-refractivity contribution in [1.82, 2.24) is 0 Å². The molecule has 0 aromatic heterocycles. The van der Waals surface area contributed by atoms with Crippen molar-refractivity contribution >= 4 is 5.78 Å². The van der Waals surface area contributed by atoms with Gasteiger partial charge >= 0.3 is 0 Å². The van der Waals surface area contributed by atoms with Crippen molar-refractivity contribution < 1.29 is 9.90 Å². The van der Waals surface area contributed by atoms with Crippen LogP contribution in [0.15, 0.2) is 35.9 Å². The fraction of sp³-hybridized carbons (Fsp3) is 0.400. The first-order valence-electron chi connectivity index (χ1n) is 6.08. The number of aliphatic hydroxyl groups is 1. The van der Waals surface area contributed by atoms with Gasteiger partial charge in [-0.1, -0.05) is 29.8 Å². The Labute approximate surface area is 102 Å². The van der Waals surface area contributed by atoms with Crippen LogP contribution in [0.4, 0.5) is 0 Å². The maximum Gasteiger partial charge on any atom is 0.156 e. The van der Waals surface area contributed by atoms with Gasteiger partial charge in [0.05, 0.1) is 0 Å². The highest BCUT2D eigenvalue weighted by molar-refractivity contribution is 5.91. The molecule has 0 amide bonds. The van der Waals surface area contributed by atoms with Gasteiger partial charge in [-0.3, -0.25) is 4.79 Å². The SMILES string of the molecule is CC1=CC(=O)CC(c2cccc(CCO)c2)C1. The minimum Gasteiger partial charge on any atom is -0.396 e. The molecular weight excluding hydrogens is 212 g/mol. The van der Waals surface area contributed by atoms with E-state index >= 15 is 0 Å². The van der Waals surface area contributed by atoms with Gasteiger partial charge in [-0.15, -0.1) is 0 Å². The molecule has 1 atom stereocenters. The van der Waals surface area contributed by atoms with Crippen molar-refractivity contribution in [2.75, 3.05) is 6.61 Å². The van der Waals surface area contributed by atoms with E-state index in [1.165, 1.54) is 11.1 Å². The molecule has 1 aromatic carbocycles. The summed E-state index contributed by atoms with van der Waals surface area (Å²) in [7, 11) is 0. The maximum absolute atomic E-state index is 11.6. The number of carbonyl (C=O) groups excluding carboxylic acids is 1. The molecule has 0 saturated carbocycles. The molecule has 1 aromatic rings. The Kier molecular flexibility index (Phi) is 3.75. The molecule has 0 saturated heterocycles. The summed E-state index contributed by atoms with van der Waals surface area (Å²) >= 11 is 0. The van der Waals surface area contributed by atoms with E-state index in [4.69, 9.17) is 5.11 Å². The lowest BCUT2D eigenvalue weighted by atomic mass is 9.83. The Morgan fingerprint density at radius 2 is 2.18 bits per heavy atom. The average molecular weight is 230 g/mol. The summed E-state index contributed by atoms with van der Waals surface area (Å²) in [4.78, 5) is 11.6. The lowest BCUT2D eigenvalue weighted by Gasteiger charge is -2.21. The maximum atomic E-state index is 11.6. The van der Waals surface area contributed by atoms with Gasteiger partial charge in [0.2, 0.25) is 0 Å². The lowest BCUT2D eigenvalue weighted by molar-refractivity contribution is -0.115. The van der Waals surface area contributed by atoms with Crippen molar-refractivity contribution in [2.45, 2.75) is 32.1 Å². The van der Waals surface area contributed by atoms with Gasteiger partial charge in [-0.25, -0.2) is 0 Å². The van der Waals surface area contributed by atoms with Crippen molar-refractivity contribution in [1.29, 1.82) is 0 Å². The summed E-state index contributed by atoms with van der Waals surface area (Å²) in [5.74, 6) is 0.539. The number of aliphatic hydroxyl groups excluding tert-OH is 1. The van der Waals surface area contributed by atoms with Gasteiger partial charge in [0, 0.05) is 13.0 Å². The number of ketones is 1. The van der Waals surface area contributed by atoms with Gasteiger partial charge in [0.15, 0.2) is 5.78 Å². The molecule has 0 bridgehead atoms. The van der Waals surface area contributed by atoms with E-state index in [-0.39, 0.29) is 12.4 Å². The van der Waals surface area contributed by atoms with Crippen molar-refractivity contribution in [3.05, 3.63) is 47.0 Å². The van der Waals surface area contributed by atoms with E-state index in [1.54, 1.807) is 6.08 Å². The summed E-state index contributed by atoms with van der Waals surface area (Å²) in [6, 6.07) is 8.23. The minimum atomic E-state index is 0.173. The van der Waals surface area contributed by atoms with Crippen LogP contribution >= 0.6 is 0 Å². The monoisotopic (exact) mass is 230 g/mol. The van der Waals surface area contributed by atoms with Crippen LogP contribution in [-0.4, -0.2) is 17.5 Å². The Bertz CT molecular complexity index is 446. The molecule has 0 aliphatic heterocycles. The predicted molar refractivity (Wildman–Crippen MR) is 68.0 cm³/mol. The average Bonchev–Trinajstić information content (AvgIpc) is 2.28. The zero-order valence-corrected chi connectivity index (χ0v) is 10.1. The third-order valence-corrected chi connectivity index (χ3v) is 3.25. The van der Waals surface area contributed by atoms with E-state index < -0.39 is 0 Å². The van der Waals surface area contributed by atoms with Gasteiger partial charge in [0.25, 0.3) is 0 Å². The molecule has 1 aliphatic rings. The Hall–Kier alpha value is -1.41. The van der Waals surface area contributed by atoms with Crippen LogP contribution in [0.25, 0.3) is 0 Å². The van der Waals surface area contributed by atoms with Gasteiger partial charge in [-0.05, 0) is 42.9 Å². The van der Waals surface area contributed by atoms with Crippen LogP contribution in [0.2, 0.25) is 0 Å². The Morgan fingerprint density at radius 1 is 1.35 bits per heavy atom. The number of benzene rings is 1. The van der Waals surface area contributed by atoms with Gasteiger partial charge in [0.1, 0.15) is 0 Å². The first-order chi connectivity index (χ1) is 8.19. The largest absolute Gasteiger partial charge is 0.396 e. The second kappa shape index (κ2) is 5.28. The van der Waals surface area contributed by atoms with Gasteiger partial charge < -0.3 is 5.11 Å². The van der Waals surface area contributed by atoms with Crippen molar-refractivity contribution in [3.8, 4) is 0 Å². The molecule has 1 aliphatic carbocycles. The standard InChI is InChI=1S/C15H18O2/c1-11-7-14(10-15(17)8-11)13-4-2-3-12(9-13)5-6-16/h2-4,8-9,14,16H,5-7,10H2,1H3. The molecule has 0 spiro atoms. The molecule has 1 unspecified atom stereocenters. The molecule has 17 heavy (non-hydrogen) atoms. The molecule has 1 N–H and O–H groups in total. The van der Waals surface area contributed by atoms with E-state index in [0.29, 0.717) is 18.8 Å². The first-order valence-corrected chi connectivity index (χ1v) is 6.08. The smallest absolute Gasteiger partial charge is 0.156 e. The zero-order chi connectivity index (χ0) is 12.3. The fourth-order valence-corrected chi connectivity index (χ4v) is 2.46. The summed E-state index contributed by atoms with van der Waals surface area (Å²) in [5.41, 5.74) is 3.53. The molecule has 2 heteroatoms. The zero-order valence-electron chi connectivity index (χ0n) is 10.1. The molecule has 90 valence electrons. The quantitative estimate of drug-likeness (QED) is 0.866. The van der Waals surface area contributed by atoms with E-state index in [0.717, 1.165) is 12.0 Å². The predicted octanol–water partition coefficient (Wildman–Crippen LogP) is 2.61.